The van der Waals surface area contributed by atoms with Crippen molar-refractivity contribution in [1.29, 1.82) is 0 Å². The molecule has 0 spiro atoms. The van der Waals surface area contributed by atoms with Gasteiger partial charge in [0.15, 0.2) is 17.5 Å². The number of rotatable bonds is 5. The number of anilines is 1. The van der Waals surface area contributed by atoms with E-state index in [4.69, 9.17) is 4.74 Å². The Labute approximate surface area is 121 Å². The standard InChI is InChI=1S/C14H16F2N4O/c1-4-7-21-14-19-12(18-13(17-3)20-14)9-6-5-8(2)10(15)11(9)16/h5-6H,4,7H2,1-3H3,(H,17,18,19,20). The fourth-order valence-corrected chi connectivity index (χ4v) is 1.67. The predicted octanol–water partition coefficient (Wildman–Crippen LogP) is 2.96. The van der Waals surface area contributed by atoms with Crippen LogP contribution in [0.15, 0.2) is 12.1 Å². The van der Waals surface area contributed by atoms with E-state index in [-0.39, 0.29) is 28.9 Å². The van der Waals surface area contributed by atoms with Gasteiger partial charge in [-0.25, -0.2) is 8.78 Å². The van der Waals surface area contributed by atoms with Crippen molar-refractivity contribution in [2.24, 2.45) is 0 Å². The highest BCUT2D eigenvalue weighted by Gasteiger charge is 2.17. The van der Waals surface area contributed by atoms with Gasteiger partial charge < -0.3 is 10.1 Å². The molecule has 21 heavy (non-hydrogen) atoms. The number of hydrogen-bond acceptors (Lipinski definition) is 5. The Morgan fingerprint density at radius 1 is 1.14 bits per heavy atom. The van der Waals surface area contributed by atoms with E-state index in [2.05, 4.69) is 20.3 Å². The molecule has 0 atom stereocenters. The summed E-state index contributed by atoms with van der Waals surface area (Å²) in [6, 6.07) is 2.99. The maximum absolute atomic E-state index is 14.0. The lowest BCUT2D eigenvalue weighted by atomic mass is 10.1. The van der Waals surface area contributed by atoms with Crippen molar-refractivity contribution < 1.29 is 13.5 Å². The molecular weight excluding hydrogens is 278 g/mol. The van der Waals surface area contributed by atoms with Crippen LogP contribution in [0.4, 0.5) is 14.7 Å². The molecule has 1 aromatic carbocycles. The summed E-state index contributed by atoms with van der Waals surface area (Å²) < 4.78 is 33.0. The third-order valence-corrected chi connectivity index (χ3v) is 2.79. The van der Waals surface area contributed by atoms with Crippen molar-refractivity contribution >= 4 is 5.95 Å². The van der Waals surface area contributed by atoms with Gasteiger partial charge >= 0.3 is 6.01 Å². The Bertz CT molecular complexity index is 649. The zero-order chi connectivity index (χ0) is 15.4. The first kappa shape index (κ1) is 15.1. The van der Waals surface area contributed by atoms with Crippen LogP contribution in [0.25, 0.3) is 11.4 Å². The fraction of sp³-hybridized carbons (Fsp3) is 0.357. The molecule has 0 radical (unpaired) electrons. The Hall–Kier alpha value is -2.31. The number of aryl methyl sites for hydroxylation is 1. The molecule has 1 aromatic heterocycles. The first-order valence-corrected chi connectivity index (χ1v) is 6.58. The average molecular weight is 294 g/mol. The van der Waals surface area contributed by atoms with Gasteiger partial charge in [0.1, 0.15) is 0 Å². The number of ether oxygens (including phenoxy) is 1. The summed E-state index contributed by atoms with van der Waals surface area (Å²) in [6.07, 6.45) is 0.781. The summed E-state index contributed by atoms with van der Waals surface area (Å²) in [5, 5.41) is 2.74. The molecular formula is C14H16F2N4O. The molecule has 0 aliphatic heterocycles. The number of nitrogens with one attached hydrogen (secondary N) is 1. The molecule has 0 fully saturated rings. The molecule has 0 bridgehead atoms. The summed E-state index contributed by atoms with van der Waals surface area (Å²) in [4.78, 5) is 12.1. The lowest BCUT2D eigenvalue weighted by Gasteiger charge is -2.09. The molecule has 0 aliphatic carbocycles. The SMILES string of the molecule is CCCOc1nc(NC)nc(-c2ccc(C)c(F)c2F)n1. The van der Waals surface area contributed by atoms with Gasteiger partial charge in [-0.1, -0.05) is 13.0 Å². The van der Waals surface area contributed by atoms with Crippen molar-refractivity contribution in [1.82, 2.24) is 15.0 Å². The van der Waals surface area contributed by atoms with Crippen molar-refractivity contribution in [2.75, 3.05) is 19.0 Å². The Kier molecular flexibility index (Phi) is 4.62. The second-order valence-corrected chi connectivity index (χ2v) is 4.42. The lowest BCUT2D eigenvalue weighted by molar-refractivity contribution is 0.292. The third kappa shape index (κ3) is 3.24. The zero-order valence-electron chi connectivity index (χ0n) is 12.1. The van der Waals surface area contributed by atoms with Gasteiger partial charge in [0, 0.05) is 7.05 Å². The van der Waals surface area contributed by atoms with Crippen LogP contribution < -0.4 is 10.1 Å². The van der Waals surface area contributed by atoms with Crippen molar-refractivity contribution in [3.63, 3.8) is 0 Å². The van der Waals surface area contributed by atoms with Gasteiger partial charge in [0.2, 0.25) is 5.95 Å². The number of nitrogens with zero attached hydrogens (tertiary/aromatic N) is 3. The maximum atomic E-state index is 14.0. The topological polar surface area (TPSA) is 59.9 Å². The van der Waals surface area contributed by atoms with E-state index < -0.39 is 11.6 Å². The molecule has 0 saturated heterocycles. The van der Waals surface area contributed by atoms with Gasteiger partial charge in [-0.05, 0) is 25.0 Å². The van der Waals surface area contributed by atoms with Crippen molar-refractivity contribution in [3.8, 4) is 17.4 Å². The van der Waals surface area contributed by atoms with E-state index in [1.807, 2.05) is 6.92 Å². The maximum Gasteiger partial charge on any atom is 0.321 e. The second kappa shape index (κ2) is 6.43. The van der Waals surface area contributed by atoms with Gasteiger partial charge in [-0.15, -0.1) is 0 Å². The quantitative estimate of drug-likeness (QED) is 0.918. The molecule has 112 valence electrons. The van der Waals surface area contributed by atoms with E-state index >= 15 is 0 Å². The number of halogens is 2. The Morgan fingerprint density at radius 3 is 2.57 bits per heavy atom. The summed E-state index contributed by atoms with van der Waals surface area (Å²) in [6.45, 7) is 3.86. The van der Waals surface area contributed by atoms with E-state index in [9.17, 15) is 8.78 Å². The van der Waals surface area contributed by atoms with Crippen LogP contribution in [-0.4, -0.2) is 28.6 Å². The monoisotopic (exact) mass is 294 g/mol. The normalized spacial score (nSPS) is 10.5. The van der Waals surface area contributed by atoms with Crippen LogP contribution in [0.3, 0.4) is 0 Å². The molecule has 1 N–H and O–H groups in total. The minimum absolute atomic E-state index is 0.0249. The van der Waals surface area contributed by atoms with Crippen LogP contribution in [0.5, 0.6) is 6.01 Å². The number of hydrogen-bond donors (Lipinski definition) is 1. The summed E-state index contributed by atoms with van der Waals surface area (Å²) in [5.41, 5.74) is 0.194. The molecule has 0 aliphatic rings. The van der Waals surface area contributed by atoms with Gasteiger partial charge in [0.05, 0.1) is 12.2 Å². The predicted molar refractivity (Wildman–Crippen MR) is 75.2 cm³/mol. The van der Waals surface area contributed by atoms with Crippen LogP contribution in [0, 0.1) is 18.6 Å². The highest BCUT2D eigenvalue weighted by atomic mass is 19.2. The molecule has 5 nitrogen and oxygen atoms in total. The molecule has 0 saturated carbocycles. The smallest absolute Gasteiger partial charge is 0.321 e. The first-order chi connectivity index (χ1) is 10.1. The lowest BCUT2D eigenvalue weighted by Crippen LogP contribution is -2.07. The van der Waals surface area contributed by atoms with Gasteiger partial charge in [-0.2, -0.15) is 15.0 Å². The highest BCUT2D eigenvalue weighted by Crippen LogP contribution is 2.25. The zero-order valence-corrected chi connectivity index (χ0v) is 12.1. The number of benzene rings is 1. The summed E-state index contributed by atoms with van der Waals surface area (Å²) in [7, 11) is 1.62. The van der Waals surface area contributed by atoms with Crippen LogP contribution in [0.2, 0.25) is 0 Å². The molecule has 2 rings (SSSR count). The Balaban J connectivity index is 2.50. The van der Waals surface area contributed by atoms with Gasteiger partial charge in [-0.3, -0.25) is 0 Å². The van der Waals surface area contributed by atoms with E-state index in [0.29, 0.717) is 6.61 Å². The van der Waals surface area contributed by atoms with Crippen LogP contribution >= 0.6 is 0 Å². The largest absolute Gasteiger partial charge is 0.463 e. The van der Waals surface area contributed by atoms with E-state index in [1.54, 1.807) is 7.05 Å². The van der Waals surface area contributed by atoms with Gasteiger partial charge in [0.25, 0.3) is 0 Å². The summed E-state index contributed by atoms with van der Waals surface area (Å²) in [5.74, 6) is -1.64. The molecule has 7 heteroatoms. The minimum atomic E-state index is -0.982. The first-order valence-electron chi connectivity index (χ1n) is 6.58. The summed E-state index contributed by atoms with van der Waals surface area (Å²) >= 11 is 0. The Morgan fingerprint density at radius 2 is 1.90 bits per heavy atom. The van der Waals surface area contributed by atoms with Crippen LogP contribution in [-0.2, 0) is 0 Å². The molecule has 2 aromatic rings. The van der Waals surface area contributed by atoms with Crippen molar-refractivity contribution in [2.45, 2.75) is 20.3 Å². The third-order valence-electron chi connectivity index (χ3n) is 2.79. The number of aromatic nitrogens is 3. The van der Waals surface area contributed by atoms with Crippen LogP contribution in [0.1, 0.15) is 18.9 Å². The average Bonchev–Trinajstić information content (AvgIpc) is 2.50. The molecule has 0 unspecified atom stereocenters. The highest BCUT2D eigenvalue weighted by molar-refractivity contribution is 5.58. The fourth-order valence-electron chi connectivity index (χ4n) is 1.67. The van der Waals surface area contributed by atoms with E-state index in [1.165, 1.54) is 19.1 Å². The minimum Gasteiger partial charge on any atom is -0.463 e. The molecule has 1 heterocycles. The second-order valence-electron chi connectivity index (χ2n) is 4.42. The van der Waals surface area contributed by atoms with E-state index in [0.717, 1.165) is 6.42 Å². The molecule has 0 amide bonds. The van der Waals surface area contributed by atoms with Crippen molar-refractivity contribution in [3.05, 3.63) is 29.3 Å².